The van der Waals surface area contributed by atoms with E-state index in [4.69, 9.17) is 16.3 Å². The van der Waals surface area contributed by atoms with E-state index >= 15 is 4.39 Å². The van der Waals surface area contributed by atoms with E-state index in [9.17, 15) is 9.59 Å². The summed E-state index contributed by atoms with van der Waals surface area (Å²) in [6.07, 6.45) is 4.36. The van der Waals surface area contributed by atoms with E-state index in [-0.39, 0.29) is 58.3 Å². The normalized spacial score (nSPS) is 17.6. The average molecular weight is 670 g/mol. The van der Waals surface area contributed by atoms with Gasteiger partial charge in [0.15, 0.2) is 5.82 Å². The molecule has 2 aromatic carbocycles. The molecule has 12 heteroatoms. The molecule has 7 rings (SSSR count). The van der Waals surface area contributed by atoms with E-state index in [2.05, 4.69) is 31.4 Å². The Balaban J connectivity index is 1.63. The summed E-state index contributed by atoms with van der Waals surface area (Å²) in [7, 11) is 0. The van der Waals surface area contributed by atoms with Crippen LogP contribution in [0.4, 0.5) is 10.1 Å². The molecule has 2 atom stereocenters. The molecule has 0 spiro atoms. The number of aromatic nitrogens is 5. The number of rotatable bonds is 5. The topological polar surface area (TPSA) is 109 Å². The number of aromatic amines is 1. The number of hydrogen-bond donors (Lipinski definition) is 1. The molecule has 0 saturated carbocycles. The fraction of sp³-hybridized carbons (Fsp3) is 0.361. The zero-order valence-electron chi connectivity index (χ0n) is 27.8. The molecule has 1 fully saturated rings. The number of H-pyrrole nitrogens is 1. The zero-order chi connectivity index (χ0) is 34.2. The SMILES string of the molecule is C=CC(=O)N1CC2COc3c(c4cc(Cl)c(-c5c(C)ccc6[nH]cnc56)c(F)c4n(-c4c(C(C)C)ncnc4C(C)C)c3=O)N2CC1C. The van der Waals surface area contributed by atoms with Gasteiger partial charge in [-0.05, 0) is 49.5 Å². The number of fused-ring (bicyclic) bond motifs is 6. The first-order valence-electron chi connectivity index (χ1n) is 16.2. The summed E-state index contributed by atoms with van der Waals surface area (Å²) in [5.41, 5.74) is 4.38. The van der Waals surface area contributed by atoms with Crippen molar-refractivity contribution in [3.05, 3.63) is 81.7 Å². The highest BCUT2D eigenvalue weighted by atomic mass is 35.5. The van der Waals surface area contributed by atoms with Crippen LogP contribution in [0.3, 0.4) is 0 Å². The van der Waals surface area contributed by atoms with Gasteiger partial charge in [-0.15, -0.1) is 0 Å². The first-order valence-corrected chi connectivity index (χ1v) is 16.5. The van der Waals surface area contributed by atoms with Gasteiger partial charge in [0.2, 0.25) is 11.7 Å². The molecule has 1 amide bonds. The average Bonchev–Trinajstić information content (AvgIpc) is 3.54. The van der Waals surface area contributed by atoms with E-state index in [1.807, 2.05) is 53.7 Å². The van der Waals surface area contributed by atoms with Gasteiger partial charge in [0.25, 0.3) is 5.56 Å². The highest BCUT2D eigenvalue weighted by Gasteiger charge is 2.41. The van der Waals surface area contributed by atoms with Gasteiger partial charge in [0.05, 0.1) is 56.7 Å². The number of nitrogens with one attached hydrogen (secondary N) is 1. The molecular weight excluding hydrogens is 633 g/mol. The number of anilines is 1. The van der Waals surface area contributed by atoms with Crippen LogP contribution in [0.1, 0.15) is 63.4 Å². The van der Waals surface area contributed by atoms with Crippen molar-refractivity contribution < 1.29 is 13.9 Å². The van der Waals surface area contributed by atoms with Crippen molar-refractivity contribution in [1.29, 1.82) is 0 Å². The second-order valence-corrected chi connectivity index (χ2v) is 13.7. The Labute approximate surface area is 282 Å². The molecule has 1 saturated heterocycles. The Bertz CT molecular complexity index is 2180. The third-order valence-corrected chi connectivity index (χ3v) is 9.83. The number of nitrogens with zero attached hydrogens (tertiary/aromatic N) is 6. The standard InChI is InChI=1S/C36H37ClFN7O3/c1-8-25(46)43-13-21-14-48-35-33(44(21)12-20(43)7)22-11-23(37)27(26-19(6)9-10-24-31(26)42-15-39-24)28(38)32(22)45(36(35)47)34-29(17(2)3)40-16-41-30(34)18(4)5/h8-11,15-18,20-21H,1,12-14H2,2-7H3,(H,39,42). The number of benzene rings is 2. The molecule has 248 valence electrons. The minimum Gasteiger partial charge on any atom is -0.484 e. The Morgan fingerprint density at radius 1 is 1.10 bits per heavy atom. The number of carbonyl (C=O) groups excluding carboxylic acids is 1. The van der Waals surface area contributed by atoms with Crippen molar-refractivity contribution in [2.75, 3.05) is 24.6 Å². The summed E-state index contributed by atoms with van der Waals surface area (Å²) < 4.78 is 25.6. The number of pyridine rings is 1. The number of piperazine rings is 1. The maximum atomic E-state index is 17.9. The van der Waals surface area contributed by atoms with Crippen LogP contribution in [0.25, 0.3) is 38.8 Å². The molecule has 0 aliphatic carbocycles. The summed E-state index contributed by atoms with van der Waals surface area (Å²) in [5, 5.41) is 0.579. The van der Waals surface area contributed by atoms with E-state index in [1.54, 1.807) is 17.3 Å². The fourth-order valence-corrected chi connectivity index (χ4v) is 7.54. The van der Waals surface area contributed by atoms with E-state index < -0.39 is 11.4 Å². The van der Waals surface area contributed by atoms with Crippen LogP contribution in [0.5, 0.6) is 5.75 Å². The number of imidazole rings is 1. The van der Waals surface area contributed by atoms with Gasteiger partial charge in [-0.25, -0.2) is 19.3 Å². The number of ether oxygens (including phenoxy) is 1. The predicted molar refractivity (Wildman–Crippen MR) is 186 cm³/mol. The molecule has 1 N–H and O–H groups in total. The van der Waals surface area contributed by atoms with E-state index in [1.165, 1.54) is 17.0 Å². The monoisotopic (exact) mass is 669 g/mol. The maximum absolute atomic E-state index is 17.9. The minimum absolute atomic E-state index is 0.0465. The van der Waals surface area contributed by atoms with Crippen molar-refractivity contribution in [1.82, 2.24) is 29.4 Å². The van der Waals surface area contributed by atoms with Crippen molar-refractivity contribution >= 4 is 45.1 Å². The van der Waals surface area contributed by atoms with Crippen LogP contribution in [-0.2, 0) is 4.79 Å². The van der Waals surface area contributed by atoms with Gasteiger partial charge < -0.3 is 19.5 Å². The second kappa shape index (κ2) is 11.7. The molecule has 5 heterocycles. The Morgan fingerprint density at radius 2 is 1.81 bits per heavy atom. The molecule has 5 aromatic rings. The molecule has 3 aromatic heterocycles. The summed E-state index contributed by atoms with van der Waals surface area (Å²) in [6, 6.07) is 5.01. The smallest absolute Gasteiger partial charge is 0.300 e. The minimum atomic E-state index is -0.667. The van der Waals surface area contributed by atoms with Gasteiger partial charge in [-0.3, -0.25) is 14.2 Å². The zero-order valence-corrected chi connectivity index (χ0v) is 28.5. The number of amides is 1. The third-order valence-electron chi connectivity index (χ3n) is 9.54. The van der Waals surface area contributed by atoms with Crippen LogP contribution < -0.4 is 15.2 Å². The lowest BCUT2D eigenvalue weighted by molar-refractivity contribution is -0.129. The quantitative estimate of drug-likeness (QED) is 0.209. The highest BCUT2D eigenvalue weighted by molar-refractivity contribution is 6.35. The fourth-order valence-electron chi connectivity index (χ4n) is 7.26. The molecule has 10 nitrogen and oxygen atoms in total. The van der Waals surface area contributed by atoms with Crippen molar-refractivity contribution in [2.24, 2.45) is 0 Å². The van der Waals surface area contributed by atoms with Gasteiger partial charge >= 0.3 is 0 Å². The van der Waals surface area contributed by atoms with E-state index in [0.29, 0.717) is 52.3 Å². The number of aryl methyl sites for hydroxylation is 1. The molecular formula is C36H37ClFN7O3. The maximum Gasteiger partial charge on any atom is 0.300 e. The number of carbonyl (C=O) groups is 1. The summed E-state index contributed by atoms with van der Waals surface area (Å²) in [4.78, 5) is 48.3. The Kier molecular flexibility index (Phi) is 7.77. The molecule has 0 bridgehead atoms. The highest BCUT2D eigenvalue weighted by Crippen LogP contribution is 2.47. The van der Waals surface area contributed by atoms with Gasteiger partial charge in [-0.1, -0.05) is 51.9 Å². The van der Waals surface area contributed by atoms with Crippen molar-refractivity contribution in [3.63, 3.8) is 0 Å². The lowest BCUT2D eigenvalue weighted by atomic mass is 9.94. The van der Waals surface area contributed by atoms with Crippen LogP contribution in [0.15, 0.2) is 48.3 Å². The Hall–Kier alpha value is -4.77. The lowest BCUT2D eigenvalue weighted by Gasteiger charge is -2.48. The summed E-state index contributed by atoms with van der Waals surface area (Å²) >= 11 is 7.10. The van der Waals surface area contributed by atoms with Gasteiger partial charge in [0, 0.05) is 35.6 Å². The first kappa shape index (κ1) is 31.8. The first-order chi connectivity index (χ1) is 22.9. The molecule has 2 aliphatic heterocycles. The summed E-state index contributed by atoms with van der Waals surface area (Å²) in [5.74, 6) is -0.984. The van der Waals surface area contributed by atoms with Crippen LogP contribution in [-0.4, -0.2) is 67.1 Å². The lowest BCUT2D eigenvalue weighted by Crippen LogP contribution is -2.62. The van der Waals surface area contributed by atoms with Crippen molar-refractivity contribution in [2.45, 2.75) is 65.5 Å². The number of halogens is 2. The van der Waals surface area contributed by atoms with Crippen LogP contribution in [0.2, 0.25) is 5.02 Å². The molecule has 48 heavy (non-hydrogen) atoms. The second-order valence-electron chi connectivity index (χ2n) is 13.3. The predicted octanol–water partition coefficient (Wildman–Crippen LogP) is 6.66. The van der Waals surface area contributed by atoms with Crippen molar-refractivity contribution in [3.8, 4) is 22.6 Å². The van der Waals surface area contributed by atoms with Crippen LogP contribution >= 0.6 is 11.6 Å². The van der Waals surface area contributed by atoms with E-state index in [0.717, 1.165) is 11.1 Å². The molecule has 0 radical (unpaired) electrons. The van der Waals surface area contributed by atoms with Gasteiger partial charge in [0.1, 0.15) is 12.9 Å². The summed E-state index contributed by atoms with van der Waals surface area (Å²) in [6.45, 7) is 16.3. The van der Waals surface area contributed by atoms with Crippen LogP contribution in [0, 0.1) is 12.7 Å². The largest absolute Gasteiger partial charge is 0.484 e. The molecule has 2 aliphatic rings. The third kappa shape index (κ3) is 4.69. The van der Waals surface area contributed by atoms with Gasteiger partial charge in [-0.2, -0.15) is 0 Å². The molecule has 2 unspecified atom stereocenters. The number of hydrogen-bond acceptors (Lipinski definition) is 7. The Morgan fingerprint density at radius 3 is 2.48 bits per heavy atom.